The topological polar surface area (TPSA) is 112 Å². The van der Waals surface area contributed by atoms with E-state index >= 15 is 0 Å². The zero-order valence-electron chi connectivity index (χ0n) is 21.5. The molecule has 0 bridgehead atoms. The summed E-state index contributed by atoms with van der Waals surface area (Å²) in [5, 5.41) is 12.2. The standard InChI is InChI=1S/C26H30N6O4S/c1-26(2,3)36-25(33)27-13-14-32(16-22-29-17-9-6-7-12-21(17)37-22)24-30-18(15-28-31-24)23-19(34-4)10-8-11-20(23)35-5/h6-12,15H,13-14,16H2,1-5H3,(H,27,33). The molecule has 0 saturated carbocycles. The van der Waals surface area contributed by atoms with E-state index in [2.05, 4.69) is 15.5 Å². The molecule has 0 unspecified atom stereocenters. The number of hydrogen-bond donors (Lipinski definition) is 1. The highest BCUT2D eigenvalue weighted by Gasteiger charge is 2.20. The molecule has 11 heteroatoms. The monoisotopic (exact) mass is 522 g/mol. The van der Waals surface area contributed by atoms with E-state index < -0.39 is 11.7 Å². The van der Waals surface area contributed by atoms with E-state index in [1.165, 1.54) is 0 Å². The number of thiazole rings is 1. The molecule has 37 heavy (non-hydrogen) atoms. The van der Waals surface area contributed by atoms with Crippen molar-refractivity contribution < 1.29 is 19.0 Å². The summed E-state index contributed by atoms with van der Waals surface area (Å²) in [6.45, 7) is 6.62. The zero-order chi connectivity index (χ0) is 26.4. The van der Waals surface area contributed by atoms with Gasteiger partial charge in [-0.2, -0.15) is 5.10 Å². The zero-order valence-corrected chi connectivity index (χ0v) is 22.3. The molecule has 1 N–H and O–H groups in total. The van der Waals surface area contributed by atoms with Crippen molar-refractivity contribution in [2.24, 2.45) is 0 Å². The van der Waals surface area contributed by atoms with Crippen molar-refractivity contribution in [1.82, 2.24) is 25.5 Å². The van der Waals surface area contributed by atoms with Gasteiger partial charge in [0.2, 0.25) is 5.95 Å². The van der Waals surface area contributed by atoms with Gasteiger partial charge in [0.25, 0.3) is 0 Å². The number of para-hydroxylation sites is 1. The van der Waals surface area contributed by atoms with Gasteiger partial charge in [-0.15, -0.1) is 16.4 Å². The van der Waals surface area contributed by atoms with E-state index in [0.29, 0.717) is 48.3 Å². The third-order valence-corrected chi connectivity index (χ3v) is 6.25. The van der Waals surface area contributed by atoms with Gasteiger partial charge in [-0.25, -0.2) is 14.8 Å². The minimum Gasteiger partial charge on any atom is -0.496 e. The molecule has 2 heterocycles. The minimum atomic E-state index is -0.583. The number of carbonyl (C=O) groups is 1. The quantitative estimate of drug-likeness (QED) is 0.334. The van der Waals surface area contributed by atoms with E-state index in [1.807, 2.05) is 68.1 Å². The molecule has 0 spiro atoms. The van der Waals surface area contributed by atoms with Crippen LogP contribution in [-0.2, 0) is 11.3 Å². The van der Waals surface area contributed by atoms with Crippen LogP contribution in [0.3, 0.4) is 0 Å². The molecule has 0 aliphatic carbocycles. The third-order valence-electron chi connectivity index (χ3n) is 5.23. The summed E-state index contributed by atoms with van der Waals surface area (Å²) in [5.74, 6) is 1.60. The predicted molar refractivity (Wildman–Crippen MR) is 143 cm³/mol. The molecule has 4 rings (SSSR count). The average molecular weight is 523 g/mol. The molecule has 0 radical (unpaired) electrons. The van der Waals surface area contributed by atoms with Crippen molar-refractivity contribution >= 4 is 33.6 Å². The van der Waals surface area contributed by atoms with Crippen LogP contribution in [0.15, 0.2) is 48.7 Å². The SMILES string of the molecule is COc1cccc(OC)c1-c1cnnc(N(CCNC(=O)OC(C)(C)C)Cc2nc3ccccc3s2)n1. The number of fused-ring (bicyclic) bond motifs is 1. The number of anilines is 1. The molecule has 0 fully saturated rings. The van der Waals surface area contributed by atoms with E-state index in [1.54, 1.807) is 31.8 Å². The lowest BCUT2D eigenvalue weighted by Gasteiger charge is -2.23. The molecule has 4 aromatic rings. The maximum atomic E-state index is 12.2. The smallest absolute Gasteiger partial charge is 0.407 e. The Morgan fingerprint density at radius 1 is 1.03 bits per heavy atom. The summed E-state index contributed by atoms with van der Waals surface area (Å²) in [7, 11) is 3.19. The Kier molecular flexibility index (Phi) is 8.02. The van der Waals surface area contributed by atoms with Gasteiger partial charge in [-0.3, -0.25) is 0 Å². The van der Waals surface area contributed by atoms with Gasteiger partial charge < -0.3 is 24.4 Å². The maximum absolute atomic E-state index is 12.2. The number of hydrogen-bond acceptors (Lipinski definition) is 10. The first kappa shape index (κ1) is 26.1. The summed E-state index contributed by atoms with van der Waals surface area (Å²) in [5.41, 5.74) is 1.57. The molecule has 1 amide bonds. The Morgan fingerprint density at radius 3 is 2.43 bits per heavy atom. The maximum Gasteiger partial charge on any atom is 0.407 e. The first-order valence-corrected chi connectivity index (χ1v) is 12.6. The van der Waals surface area contributed by atoms with Crippen molar-refractivity contribution in [3.8, 4) is 22.8 Å². The number of carbonyl (C=O) groups excluding carboxylic acids is 1. The Balaban J connectivity index is 1.63. The number of methoxy groups -OCH3 is 2. The van der Waals surface area contributed by atoms with Crippen molar-refractivity contribution in [1.29, 1.82) is 0 Å². The highest BCUT2D eigenvalue weighted by Crippen LogP contribution is 2.37. The molecule has 0 atom stereocenters. The number of nitrogens with one attached hydrogen (secondary N) is 1. The average Bonchev–Trinajstić information content (AvgIpc) is 3.29. The van der Waals surface area contributed by atoms with Crippen LogP contribution in [-0.4, -0.2) is 59.2 Å². The number of aromatic nitrogens is 4. The lowest BCUT2D eigenvalue weighted by atomic mass is 10.1. The number of alkyl carbamates (subject to hydrolysis) is 1. The van der Waals surface area contributed by atoms with Crippen LogP contribution >= 0.6 is 11.3 Å². The molecule has 10 nitrogen and oxygen atoms in total. The van der Waals surface area contributed by atoms with Crippen LogP contribution < -0.4 is 19.7 Å². The van der Waals surface area contributed by atoms with Gasteiger partial charge in [-0.05, 0) is 45.0 Å². The van der Waals surface area contributed by atoms with Gasteiger partial charge in [0.1, 0.15) is 27.8 Å². The van der Waals surface area contributed by atoms with Crippen molar-refractivity contribution in [2.45, 2.75) is 32.9 Å². The molecular formula is C26H30N6O4S. The number of nitrogens with zero attached hydrogens (tertiary/aromatic N) is 5. The van der Waals surface area contributed by atoms with E-state index in [4.69, 9.17) is 24.2 Å². The van der Waals surface area contributed by atoms with Crippen LogP contribution in [0.1, 0.15) is 25.8 Å². The summed E-state index contributed by atoms with van der Waals surface area (Å²) in [6, 6.07) is 13.5. The molecule has 194 valence electrons. The summed E-state index contributed by atoms with van der Waals surface area (Å²) in [6.07, 6.45) is 1.08. The van der Waals surface area contributed by atoms with Crippen LogP contribution in [0.5, 0.6) is 11.5 Å². The lowest BCUT2D eigenvalue weighted by Crippen LogP contribution is -2.38. The predicted octanol–water partition coefficient (Wildman–Crippen LogP) is 4.70. The number of ether oxygens (including phenoxy) is 3. The first-order valence-electron chi connectivity index (χ1n) is 11.7. The van der Waals surface area contributed by atoms with Gasteiger partial charge in [0.15, 0.2) is 0 Å². The second kappa shape index (κ2) is 11.4. The number of amides is 1. The Hall–Kier alpha value is -3.99. The van der Waals surface area contributed by atoms with Gasteiger partial charge >= 0.3 is 6.09 Å². The van der Waals surface area contributed by atoms with Crippen LogP contribution in [0.2, 0.25) is 0 Å². The Labute approximate surface area is 219 Å². The first-order chi connectivity index (χ1) is 17.8. The minimum absolute atomic E-state index is 0.311. The second-order valence-electron chi connectivity index (χ2n) is 9.10. The normalized spacial score (nSPS) is 11.3. The van der Waals surface area contributed by atoms with Gasteiger partial charge in [-0.1, -0.05) is 18.2 Å². The molecule has 2 aromatic carbocycles. The lowest BCUT2D eigenvalue weighted by molar-refractivity contribution is 0.0529. The van der Waals surface area contributed by atoms with Gasteiger partial charge in [0.05, 0.1) is 42.7 Å². The fourth-order valence-electron chi connectivity index (χ4n) is 3.66. The highest BCUT2D eigenvalue weighted by atomic mass is 32.1. The third kappa shape index (κ3) is 6.62. The van der Waals surface area contributed by atoms with Crippen LogP contribution in [0.25, 0.3) is 21.5 Å². The molecular weight excluding hydrogens is 492 g/mol. The Bertz CT molecular complexity index is 1320. The Morgan fingerprint density at radius 2 is 1.76 bits per heavy atom. The largest absolute Gasteiger partial charge is 0.496 e. The van der Waals surface area contributed by atoms with Crippen molar-refractivity contribution in [2.75, 3.05) is 32.2 Å². The summed E-state index contributed by atoms with van der Waals surface area (Å²) >= 11 is 1.60. The molecule has 0 saturated heterocycles. The van der Waals surface area contributed by atoms with E-state index in [9.17, 15) is 4.79 Å². The molecule has 0 aliphatic rings. The van der Waals surface area contributed by atoms with Gasteiger partial charge in [0, 0.05) is 13.1 Å². The van der Waals surface area contributed by atoms with E-state index in [-0.39, 0.29) is 0 Å². The fourth-order valence-corrected chi connectivity index (χ4v) is 4.64. The molecule has 0 aliphatic heterocycles. The van der Waals surface area contributed by atoms with Crippen molar-refractivity contribution in [3.63, 3.8) is 0 Å². The second-order valence-corrected chi connectivity index (χ2v) is 10.2. The van der Waals surface area contributed by atoms with E-state index in [0.717, 1.165) is 15.2 Å². The fraction of sp³-hybridized carbons (Fsp3) is 0.346. The summed E-state index contributed by atoms with van der Waals surface area (Å²) < 4.78 is 17.6. The van der Waals surface area contributed by atoms with Crippen LogP contribution in [0.4, 0.5) is 10.7 Å². The van der Waals surface area contributed by atoms with Crippen LogP contribution in [0, 0.1) is 0 Å². The summed E-state index contributed by atoms with van der Waals surface area (Å²) in [4.78, 5) is 23.7. The number of benzene rings is 2. The highest BCUT2D eigenvalue weighted by molar-refractivity contribution is 7.18. The molecule has 2 aromatic heterocycles. The van der Waals surface area contributed by atoms with Crippen molar-refractivity contribution in [3.05, 3.63) is 53.7 Å². The number of rotatable bonds is 9.